The van der Waals surface area contributed by atoms with Gasteiger partial charge in [0.15, 0.2) is 0 Å². The summed E-state index contributed by atoms with van der Waals surface area (Å²) in [7, 11) is 0. The van der Waals surface area contributed by atoms with Crippen molar-refractivity contribution >= 4 is 65.0 Å². The average molecular weight is 578 g/mol. The molecular formula is C44H26O. The van der Waals surface area contributed by atoms with Crippen molar-refractivity contribution in [3.8, 4) is 33.4 Å². The molecule has 1 nitrogen and oxygen atoms in total. The number of benzene rings is 9. The topological polar surface area (TPSA) is 13.1 Å². The molecule has 0 spiro atoms. The van der Waals surface area contributed by atoms with Crippen molar-refractivity contribution in [3.05, 3.63) is 158 Å². The Balaban J connectivity index is 1.30. The van der Waals surface area contributed by atoms with Crippen LogP contribution in [-0.4, -0.2) is 0 Å². The Hall–Kier alpha value is -5.92. The average Bonchev–Trinajstić information content (AvgIpc) is 3.56. The summed E-state index contributed by atoms with van der Waals surface area (Å²) < 4.78 is 67.2. The molecular weight excluding hydrogens is 544 g/mol. The van der Waals surface area contributed by atoms with Gasteiger partial charge < -0.3 is 4.42 Å². The molecule has 0 fully saturated rings. The Labute approximate surface area is 269 Å². The monoisotopic (exact) mass is 577 g/mol. The summed E-state index contributed by atoms with van der Waals surface area (Å²) >= 11 is 0. The van der Waals surface area contributed by atoms with E-state index in [0.717, 1.165) is 76.5 Å². The Bertz CT molecular complexity index is 3150. The maximum Gasteiger partial charge on any atom is 0.136 e. The molecule has 0 saturated heterocycles. The second-order valence-electron chi connectivity index (χ2n) is 11.5. The highest BCUT2D eigenvalue weighted by atomic mass is 16.3. The minimum Gasteiger partial charge on any atom is -0.456 e. The zero-order valence-electron chi connectivity index (χ0n) is 30.9. The lowest BCUT2D eigenvalue weighted by Crippen LogP contribution is -1.90. The van der Waals surface area contributed by atoms with Gasteiger partial charge in [-0.15, -0.1) is 0 Å². The van der Waals surface area contributed by atoms with E-state index in [0.29, 0.717) is 5.56 Å². The van der Waals surface area contributed by atoms with Gasteiger partial charge in [0, 0.05) is 10.8 Å². The predicted octanol–water partition coefficient (Wildman–Crippen LogP) is 12.6. The van der Waals surface area contributed by atoms with Crippen LogP contribution in [0.3, 0.4) is 0 Å². The van der Waals surface area contributed by atoms with Gasteiger partial charge >= 0.3 is 0 Å². The Morgan fingerprint density at radius 3 is 1.91 bits per heavy atom. The van der Waals surface area contributed by atoms with Crippen LogP contribution in [0.4, 0.5) is 0 Å². The van der Waals surface area contributed by atoms with Gasteiger partial charge in [-0.1, -0.05) is 133 Å². The molecule has 0 atom stereocenters. The predicted molar refractivity (Wildman–Crippen MR) is 191 cm³/mol. The quantitative estimate of drug-likeness (QED) is 0.190. The summed E-state index contributed by atoms with van der Waals surface area (Å²) in [6.45, 7) is 0. The van der Waals surface area contributed by atoms with Gasteiger partial charge in [0.1, 0.15) is 11.2 Å². The lowest BCUT2D eigenvalue weighted by molar-refractivity contribution is 0.669. The van der Waals surface area contributed by atoms with E-state index in [1.165, 1.54) is 0 Å². The minimum atomic E-state index is -0.480. The third kappa shape index (κ3) is 3.62. The maximum atomic E-state index is 9.26. The first-order chi connectivity index (χ1) is 25.2. The van der Waals surface area contributed by atoms with E-state index in [-0.39, 0.29) is 40.5 Å². The highest BCUT2D eigenvalue weighted by molar-refractivity contribution is 6.29. The molecule has 208 valence electrons. The van der Waals surface area contributed by atoms with Crippen molar-refractivity contribution in [1.29, 1.82) is 0 Å². The molecule has 10 aromatic rings. The Morgan fingerprint density at radius 1 is 0.400 bits per heavy atom. The van der Waals surface area contributed by atoms with Gasteiger partial charge in [-0.3, -0.25) is 0 Å². The second-order valence-corrected chi connectivity index (χ2v) is 11.5. The molecule has 0 aliphatic carbocycles. The van der Waals surface area contributed by atoms with Crippen molar-refractivity contribution in [2.75, 3.05) is 0 Å². The summed E-state index contributed by atoms with van der Waals surface area (Å²) in [4.78, 5) is 0. The minimum absolute atomic E-state index is 0.0513. The van der Waals surface area contributed by atoms with Gasteiger partial charge in [-0.2, -0.15) is 0 Å². The Morgan fingerprint density at radius 2 is 1.09 bits per heavy atom. The van der Waals surface area contributed by atoms with Gasteiger partial charge in [0.2, 0.25) is 0 Å². The second kappa shape index (κ2) is 9.29. The van der Waals surface area contributed by atoms with E-state index in [1.807, 2.05) is 60.7 Å². The van der Waals surface area contributed by atoms with Crippen molar-refractivity contribution in [1.82, 2.24) is 0 Å². The fourth-order valence-electron chi connectivity index (χ4n) is 7.03. The highest BCUT2D eigenvalue weighted by Gasteiger charge is 2.19. The molecule has 9 aromatic carbocycles. The number of hydrogen-bond donors (Lipinski definition) is 0. The standard InChI is InChI=1S/C44H26O/c1-2-8-27(9-3-1)33-25-39(44-38-12-6-7-13-40(38)45-41(44)26-33)35-21-17-30-18-22-36-34(20-16-29-19-23-37(35)43(30)42(29)36)32-15-14-28-10-4-5-11-31(28)24-32/h1-26H/i4D,5D,10D,11D,14D,15D,24D. The van der Waals surface area contributed by atoms with Crippen molar-refractivity contribution < 1.29 is 14.0 Å². The molecule has 1 heterocycles. The van der Waals surface area contributed by atoms with Crippen LogP contribution in [-0.2, 0) is 0 Å². The zero-order chi connectivity index (χ0) is 35.6. The molecule has 10 rings (SSSR count). The largest absolute Gasteiger partial charge is 0.456 e. The first-order valence-corrected chi connectivity index (χ1v) is 14.9. The van der Waals surface area contributed by atoms with Crippen LogP contribution in [0.5, 0.6) is 0 Å². The molecule has 0 aliphatic heterocycles. The molecule has 0 radical (unpaired) electrons. The lowest BCUT2D eigenvalue weighted by atomic mass is 9.86. The molecule has 0 saturated carbocycles. The van der Waals surface area contributed by atoms with Crippen molar-refractivity contribution in [2.45, 2.75) is 0 Å². The molecule has 1 aromatic heterocycles. The molecule has 0 N–H and O–H groups in total. The normalized spacial score (nSPS) is 14.2. The molecule has 1 heteroatoms. The van der Waals surface area contributed by atoms with Crippen LogP contribution in [0, 0.1) is 0 Å². The van der Waals surface area contributed by atoms with Crippen LogP contribution in [0.1, 0.15) is 9.60 Å². The van der Waals surface area contributed by atoms with E-state index in [1.54, 1.807) is 0 Å². The van der Waals surface area contributed by atoms with Crippen LogP contribution in [0.2, 0.25) is 0 Å². The number of rotatable bonds is 3. The van der Waals surface area contributed by atoms with Crippen LogP contribution in [0.25, 0.3) is 98.4 Å². The summed E-state index contributed by atoms with van der Waals surface area (Å²) in [5.74, 6) is 0. The Kier molecular flexibility index (Phi) is 3.86. The van der Waals surface area contributed by atoms with Gasteiger partial charge in [0.25, 0.3) is 0 Å². The number of hydrogen-bond acceptors (Lipinski definition) is 1. The summed E-state index contributed by atoms with van der Waals surface area (Å²) in [5.41, 5.74) is 6.57. The van der Waals surface area contributed by atoms with E-state index >= 15 is 0 Å². The van der Waals surface area contributed by atoms with Crippen LogP contribution < -0.4 is 0 Å². The lowest BCUT2D eigenvalue weighted by Gasteiger charge is -2.17. The third-order valence-corrected chi connectivity index (χ3v) is 9.06. The van der Waals surface area contributed by atoms with Crippen LogP contribution >= 0.6 is 0 Å². The number of furan rings is 1. The van der Waals surface area contributed by atoms with Gasteiger partial charge in [-0.05, 0) is 101 Å². The fourth-order valence-corrected chi connectivity index (χ4v) is 7.03. The van der Waals surface area contributed by atoms with Crippen LogP contribution in [0.15, 0.2) is 162 Å². The van der Waals surface area contributed by atoms with Crippen molar-refractivity contribution in [3.63, 3.8) is 0 Å². The first kappa shape index (κ1) is 18.7. The van der Waals surface area contributed by atoms with E-state index < -0.39 is 18.1 Å². The smallest absolute Gasteiger partial charge is 0.136 e. The van der Waals surface area contributed by atoms with Gasteiger partial charge in [-0.25, -0.2) is 0 Å². The van der Waals surface area contributed by atoms with Gasteiger partial charge in [0.05, 0.1) is 9.60 Å². The number of para-hydroxylation sites is 1. The van der Waals surface area contributed by atoms with E-state index in [4.69, 9.17) is 12.6 Å². The number of fused-ring (bicyclic) bond motifs is 4. The molecule has 45 heavy (non-hydrogen) atoms. The molecule has 0 bridgehead atoms. The molecule has 0 amide bonds. The molecule has 0 aliphatic rings. The maximum absolute atomic E-state index is 9.26. The zero-order valence-corrected chi connectivity index (χ0v) is 23.9. The SMILES string of the molecule is [2H]c1c([2H])c([2H])c2c([2H])c(-c3ccc4ccc5c(-c6cc(-c7ccccc7)cc7oc8ccccc8c67)ccc6ccc3c4c65)c([2H])c([2H])c2c1[2H]. The fraction of sp³-hybridized carbons (Fsp3) is 0. The summed E-state index contributed by atoms with van der Waals surface area (Å²) in [6, 6.07) is 36.6. The highest BCUT2D eigenvalue weighted by Crippen LogP contribution is 2.46. The van der Waals surface area contributed by atoms with E-state index in [9.17, 15) is 1.37 Å². The molecule has 0 unspecified atom stereocenters. The first-order valence-electron chi connectivity index (χ1n) is 18.4. The third-order valence-electron chi connectivity index (χ3n) is 9.06. The summed E-state index contributed by atoms with van der Waals surface area (Å²) in [6.07, 6.45) is 0. The van der Waals surface area contributed by atoms with Crippen molar-refractivity contribution in [2.24, 2.45) is 0 Å². The van der Waals surface area contributed by atoms with E-state index in [2.05, 4.69) is 54.6 Å². The summed E-state index contributed by atoms with van der Waals surface area (Å²) in [5, 5.41) is 7.76.